The number of hydrogen-bond donors (Lipinski definition) is 2. The van der Waals surface area contributed by atoms with E-state index < -0.39 is 0 Å². The summed E-state index contributed by atoms with van der Waals surface area (Å²) in [7, 11) is 0. The van der Waals surface area contributed by atoms with Crippen LogP contribution in [0.15, 0.2) is 12.7 Å². The highest BCUT2D eigenvalue weighted by atomic mass is 32.1. The number of carbonyl (C=O) groups excluding carboxylic acids is 1. The van der Waals surface area contributed by atoms with E-state index in [1.807, 2.05) is 13.8 Å². The zero-order valence-corrected chi connectivity index (χ0v) is 10.3. The van der Waals surface area contributed by atoms with Gasteiger partial charge in [0.15, 0.2) is 0 Å². The molecule has 0 aliphatic rings. The Morgan fingerprint density at radius 3 is 2.43 bits per heavy atom. The number of thiocarbonyl (C=S) groups is 1. The summed E-state index contributed by atoms with van der Waals surface area (Å²) in [5, 5.41) is 2.62. The van der Waals surface area contributed by atoms with Crippen LogP contribution in [-0.4, -0.2) is 23.4 Å². The van der Waals surface area contributed by atoms with E-state index >= 15 is 0 Å². The topological polar surface area (TPSA) is 38.3 Å². The van der Waals surface area contributed by atoms with Gasteiger partial charge in [-0.15, -0.1) is 6.58 Å². The van der Waals surface area contributed by atoms with Crippen molar-refractivity contribution >= 4 is 35.1 Å². The SMILES string of the molecule is C=CCNC(=O)CC.CCOC(=S)S. The lowest BCUT2D eigenvalue weighted by atomic mass is 10.4. The molecular formula is C9H17NO2S2. The minimum atomic E-state index is 0.0740. The van der Waals surface area contributed by atoms with Crippen LogP contribution in [0.25, 0.3) is 0 Å². The van der Waals surface area contributed by atoms with E-state index in [9.17, 15) is 4.79 Å². The molecule has 0 saturated heterocycles. The van der Waals surface area contributed by atoms with E-state index in [1.165, 1.54) is 0 Å². The molecular weight excluding hydrogens is 218 g/mol. The number of hydrogen-bond acceptors (Lipinski definition) is 3. The van der Waals surface area contributed by atoms with E-state index in [-0.39, 0.29) is 5.91 Å². The highest BCUT2D eigenvalue weighted by Crippen LogP contribution is 1.83. The predicted octanol–water partition coefficient (Wildman–Crippen LogP) is 1.94. The van der Waals surface area contributed by atoms with Crippen LogP contribution in [0, 0.1) is 0 Å². The van der Waals surface area contributed by atoms with E-state index in [1.54, 1.807) is 6.08 Å². The van der Waals surface area contributed by atoms with Crippen molar-refractivity contribution in [2.24, 2.45) is 0 Å². The molecule has 0 fully saturated rings. The van der Waals surface area contributed by atoms with Crippen molar-refractivity contribution in [2.75, 3.05) is 13.2 Å². The first-order valence-electron chi connectivity index (χ1n) is 4.31. The summed E-state index contributed by atoms with van der Waals surface area (Å²) in [4.78, 5) is 10.4. The average molecular weight is 235 g/mol. The van der Waals surface area contributed by atoms with Crippen LogP contribution in [0.1, 0.15) is 20.3 Å². The molecule has 0 unspecified atom stereocenters. The standard InChI is InChI=1S/C6H11NO.C3H6OS2/c1-3-5-7-6(8)4-2;1-2-4-3(5)6/h3H,1,4-5H2,2H3,(H,7,8);2H2,1H3,(H,5,6). The van der Waals surface area contributed by atoms with Crippen molar-refractivity contribution in [1.82, 2.24) is 5.32 Å². The van der Waals surface area contributed by atoms with Gasteiger partial charge in [-0.3, -0.25) is 4.79 Å². The molecule has 0 aromatic rings. The molecule has 0 aliphatic carbocycles. The number of rotatable bonds is 4. The first kappa shape index (κ1) is 15.9. The molecule has 0 saturated carbocycles. The molecule has 0 aromatic carbocycles. The summed E-state index contributed by atoms with van der Waals surface area (Å²) in [6, 6.07) is 0. The summed E-state index contributed by atoms with van der Waals surface area (Å²) in [5.41, 5.74) is 0. The molecule has 0 radical (unpaired) electrons. The van der Waals surface area contributed by atoms with E-state index in [0.29, 0.717) is 24.0 Å². The summed E-state index contributed by atoms with van der Waals surface area (Å²) < 4.78 is 4.95. The van der Waals surface area contributed by atoms with Crippen molar-refractivity contribution in [3.63, 3.8) is 0 Å². The number of carbonyl (C=O) groups is 1. The predicted molar refractivity (Wildman–Crippen MR) is 66.7 cm³/mol. The van der Waals surface area contributed by atoms with Crippen LogP contribution in [0.3, 0.4) is 0 Å². The maximum atomic E-state index is 10.4. The molecule has 0 rings (SSSR count). The van der Waals surface area contributed by atoms with Crippen molar-refractivity contribution in [2.45, 2.75) is 20.3 Å². The Morgan fingerprint density at radius 2 is 2.21 bits per heavy atom. The van der Waals surface area contributed by atoms with Gasteiger partial charge in [-0.2, -0.15) is 0 Å². The minimum Gasteiger partial charge on any atom is -0.479 e. The number of amides is 1. The first-order valence-corrected chi connectivity index (χ1v) is 5.17. The van der Waals surface area contributed by atoms with Crippen LogP contribution in [0.2, 0.25) is 0 Å². The maximum Gasteiger partial charge on any atom is 0.219 e. The minimum absolute atomic E-state index is 0.0740. The highest BCUT2D eigenvalue weighted by molar-refractivity contribution is 8.10. The van der Waals surface area contributed by atoms with Crippen molar-refractivity contribution in [1.29, 1.82) is 0 Å². The second-order valence-corrected chi connectivity index (χ2v) is 3.22. The fourth-order valence-corrected chi connectivity index (χ4v) is 0.681. The van der Waals surface area contributed by atoms with Crippen LogP contribution >= 0.6 is 24.8 Å². The second-order valence-electron chi connectivity index (χ2n) is 2.15. The van der Waals surface area contributed by atoms with Crippen LogP contribution in [-0.2, 0) is 9.53 Å². The second kappa shape index (κ2) is 12.4. The van der Waals surface area contributed by atoms with Gasteiger partial charge in [-0.1, -0.05) is 25.6 Å². The van der Waals surface area contributed by atoms with Gasteiger partial charge >= 0.3 is 0 Å². The molecule has 3 nitrogen and oxygen atoms in total. The third kappa shape index (κ3) is 17.5. The molecule has 0 atom stereocenters. The lowest BCUT2D eigenvalue weighted by Crippen LogP contribution is -2.21. The molecule has 0 aromatic heterocycles. The van der Waals surface area contributed by atoms with Gasteiger partial charge in [-0.05, 0) is 19.1 Å². The Balaban J connectivity index is 0. The quantitative estimate of drug-likeness (QED) is 0.444. The van der Waals surface area contributed by atoms with E-state index in [2.05, 4.69) is 41.5 Å². The van der Waals surface area contributed by atoms with E-state index in [0.717, 1.165) is 0 Å². The third-order valence-electron chi connectivity index (χ3n) is 1.03. The number of thiol groups is 1. The molecule has 5 heteroatoms. The summed E-state index contributed by atoms with van der Waals surface area (Å²) in [5.74, 6) is 0.0740. The van der Waals surface area contributed by atoms with Gasteiger partial charge in [-0.25, -0.2) is 0 Å². The lowest BCUT2D eigenvalue weighted by molar-refractivity contribution is -0.120. The van der Waals surface area contributed by atoms with Gasteiger partial charge in [0.05, 0.1) is 6.61 Å². The normalized spacial score (nSPS) is 7.93. The third-order valence-corrected chi connectivity index (χ3v) is 1.28. The van der Waals surface area contributed by atoms with Gasteiger partial charge in [0, 0.05) is 13.0 Å². The highest BCUT2D eigenvalue weighted by Gasteiger charge is 1.89. The fourth-order valence-electron chi connectivity index (χ4n) is 0.434. The smallest absolute Gasteiger partial charge is 0.219 e. The van der Waals surface area contributed by atoms with Gasteiger partial charge in [0.2, 0.25) is 10.3 Å². The van der Waals surface area contributed by atoms with Gasteiger partial charge < -0.3 is 10.1 Å². The van der Waals surface area contributed by atoms with E-state index in [4.69, 9.17) is 0 Å². The Kier molecular flexibility index (Phi) is 14.1. The molecule has 0 spiro atoms. The van der Waals surface area contributed by atoms with Crippen molar-refractivity contribution in [3.8, 4) is 0 Å². The zero-order valence-electron chi connectivity index (χ0n) is 8.58. The summed E-state index contributed by atoms with van der Waals surface area (Å²) >= 11 is 8.12. The Morgan fingerprint density at radius 1 is 1.64 bits per heavy atom. The molecule has 0 aliphatic heterocycles. The fraction of sp³-hybridized carbons (Fsp3) is 0.556. The van der Waals surface area contributed by atoms with Crippen LogP contribution in [0.5, 0.6) is 0 Å². The van der Waals surface area contributed by atoms with Crippen molar-refractivity contribution in [3.05, 3.63) is 12.7 Å². The monoisotopic (exact) mass is 235 g/mol. The Bertz CT molecular complexity index is 184. The molecule has 82 valence electrons. The molecule has 1 N–H and O–H groups in total. The largest absolute Gasteiger partial charge is 0.479 e. The number of ether oxygens (including phenoxy) is 1. The van der Waals surface area contributed by atoms with Gasteiger partial charge in [0.1, 0.15) is 0 Å². The zero-order chi connectivity index (χ0) is 11.4. The average Bonchev–Trinajstić information content (AvgIpc) is 2.15. The van der Waals surface area contributed by atoms with Crippen LogP contribution < -0.4 is 5.32 Å². The van der Waals surface area contributed by atoms with Crippen LogP contribution in [0.4, 0.5) is 0 Å². The Hall–Kier alpha value is -0.550. The summed E-state index contributed by atoms with van der Waals surface area (Å²) in [6.45, 7) is 8.32. The van der Waals surface area contributed by atoms with Gasteiger partial charge in [0.25, 0.3) is 0 Å². The first-order chi connectivity index (χ1) is 6.58. The summed E-state index contributed by atoms with van der Waals surface area (Å²) in [6.07, 6.45) is 2.21. The molecule has 14 heavy (non-hydrogen) atoms. The maximum absolute atomic E-state index is 10.4. The Labute approximate surface area is 96.3 Å². The lowest BCUT2D eigenvalue weighted by Gasteiger charge is -1.94. The molecule has 1 amide bonds. The van der Waals surface area contributed by atoms with Crippen molar-refractivity contribution < 1.29 is 9.53 Å². The molecule has 0 heterocycles. The number of nitrogens with one attached hydrogen (secondary N) is 1. The molecule has 0 bridgehead atoms.